The lowest BCUT2D eigenvalue weighted by atomic mass is 9.91. The van der Waals surface area contributed by atoms with Crippen molar-refractivity contribution in [1.82, 2.24) is 15.0 Å². The van der Waals surface area contributed by atoms with E-state index in [0.717, 1.165) is 24.6 Å². The third-order valence-electron chi connectivity index (χ3n) is 3.69. The van der Waals surface area contributed by atoms with E-state index >= 15 is 0 Å². The van der Waals surface area contributed by atoms with Crippen molar-refractivity contribution in [3.8, 4) is 0 Å². The van der Waals surface area contributed by atoms with E-state index in [0.29, 0.717) is 5.92 Å². The van der Waals surface area contributed by atoms with Crippen molar-refractivity contribution < 1.29 is 0 Å². The second-order valence-electron chi connectivity index (χ2n) is 5.08. The van der Waals surface area contributed by atoms with E-state index in [1.54, 1.807) is 12.4 Å². The highest BCUT2D eigenvalue weighted by Gasteiger charge is 2.22. The molecule has 1 aliphatic rings. The minimum absolute atomic E-state index is 0.567. The Morgan fingerprint density at radius 1 is 1.21 bits per heavy atom. The minimum atomic E-state index is 0.567. The van der Waals surface area contributed by atoms with Crippen molar-refractivity contribution in [3.63, 3.8) is 0 Å². The van der Waals surface area contributed by atoms with Gasteiger partial charge in [-0.2, -0.15) is 0 Å². The normalized spacial score (nSPS) is 19.4. The molecular formula is C15H18N4. The summed E-state index contributed by atoms with van der Waals surface area (Å²) in [7, 11) is 0. The van der Waals surface area contributed by atoms with Gasteiger partial charge in [-0.05, 0) is 37.5 Å². The van der Waals surface area contributed by atoms with Crippen LogP contribution in [0.1, 0.15) is 30.0 Å². The van der Waals surface area contributed by atoms with E-state index in [9.17, 15) is 0 Å². The third-order valence-corrected chi connectivity index (χ3v) is 3.69. The Bertz CT molecular complexity index is 541. The summed E-state index contributed by atoms with van der Waals surface area (Å²) in [6, 6.07) is 4.34. The number of hydrogen-bond acceptors (Lipinski definition) is 4. The first-order valence-electron chi connectivity index (χ1n) is 6.76. The molecule has 0 N–H and O–H groups in total. The quantitative estimate of drug-likeness (QED) is 0.826. The van der Waals surface area contributed by atoms with Crippen LogP contribution in [0.2, 0.25) is 0 Å². The fourth-order valence-electron chi connectivity index (χ4n) is 2.73. The molecule has 19 heavy (non-hydrogen) atoms. The van der Waals surface area contributed by atoms with Gasteiger partial charge in [0.05, 0.1) is 6.20 Å². The van der Waals surface area contributed by atoms with E-state index in [1.807, 2.05) is 19.3 Å². The average molecular weight is 254 g/mol. The monoisotopic (exact) mass is 254 g/mol. The first kappa shape index (κ1) is 12.1. The van der Waals surface area contributed by atoms with Crippen molar-refractivity contribution in [2.45, 2.75) is 25.7 Å². The standard InChI is InChI=1S/C15H18N4/c1-12-9-13(4-5-17-12)14-3-2-8-19(11-14)15-10-16-6-7-18-15/h4-7,9-10,14H,2-3,8,11H2,1H3/t14-/m0/s1. The molecule has 0 radical (unpaired) electrons. The largest absolute Gasteiger partial charge is 0.355 e. The van der Waals surface area contributed by atoms with Gasteiger partial charge < -0.3 is 4.90 Å². The van der Waals surface area contributed by atoms with Crippen molar-refractivity contribution in [3.05, 3.63) is 48.2 Å². The molecule has 1 atom stereocenters. The van der Waals surface area contributed by atoms with E-state index in [1.165, 1.54) is 18.4 Å². The Hall–Kier alpha value is -1.97. The van der Waals surface area contributed by atoms with Gasteiger partial charge in [0.2, 0.25) is 0 Å². The van der Waals surface area contributed by atoms with Crippen LogP contribution in [0.3, 0.4) is 0 Å². The van der Waals surface area contributed by atoms with Crippen molar-refractivity contribution in [2.75, 3.05) is 18.0 Å². The lowest BCUT2D eigenvalue weighted by Gasteiger charge is -2.33. The van der Waals surface area contributed by atoms with Gasteiger partial charge in [-0.15, -0.1) is 0 Å². The molecule has 4 nitrogen and oxygen atoms in total. The van der Waals surface area contributed by atoms with Gasteiger partial charge in [-0.3, -0.25) is 9.97 Å². The summed E-state index contributed by atoms with van der Waals surface area (Å²) in [4.78, 5) is 15.2. The summed E-state index contributed by atoms with van der Waals surface area (Å²) in [5.41, 5.74) is 2.48. The highest BCUT2D eigenvalue weighted by molar-refractivity contribution is 5.37. The lowest BCUT2D eigenvalue weighted by molar-refractivity contribution is 0.506. The number of rotatable bonds is 2. The fourth-order valence-corrected chi connectivity index (χ4v) is 2.73. The molecule has 4 heteroatoms. The zero-order valence-electron chi connectivity index (χ0n) is 11.2. The highest BCUT2D eigenvalue weighted by Crippen LogP contribution is 2.28. The number of aryl methyl sites for hydroxylation is 1. The van der Waals surface area contributed by atoms with Crippen LogP contribution in [-0.2, 0) is 0 Å². The Balaban J connectivity index is 1.78. The number of aromatic nitrogens is 3. The van der Waals surface area contributed by atoms with Crippen LogP contribution in [0.4, 0.5) is 5.82 Å². The van der Waals surface area contributed by atoms with Gasteiger partial charge in [0, 0.05) is 43.3 Å². The Kier molecular flexibility index (Phi) is 3.40. The number of anilines is 1. The molecule has 1 saturated heterocycles. The van der Waals surface area contributed by atoms with Crippen molar-refractivity contribution in [1.29, 1.82) is 0 Å². The molecule has 2 aromatic heterocycles. The molecule has 0 unspecified atom stereocenters. The highest BCUT2D eigenvalue weighted by atomic mass is 15.2. The zero-order valence-corrected chi connectivity index (χ0v) is 11.2. The van der Waals surface area contributed by atoms with Gasteiger partial charge in [-0.25, -0.2) is 4.98 Å². The van der Waals surface area contributed by atoms with Crippen LogP contribution in [0.5, 0.6) is 0 Å². The second-order valence-corrected chi connectivity index (χ2v) is 5.08. The predicted octanol–water partition coefficient (Wildman–Crippen LogP) is 2.56. The summed E-state index contributed by atoms with van der Waals surface area (Å²) in [6.45, 7) is 4.13. The summed E-state index contributed by atoms with van der Waals surface area (Å²) < 4.78 is 0. The van der Waals surface area contributed by atoms with Crippen LogP contribution in [0.15, 0.2) is 36.9 Å². The summed E-state index contributed by atoms with van der Waals surface area (Å²) >= 11 is 0. The van der Waals surface area contributed by atoms with Gasteiger partial charge in [-0.1, -0.05) is 0 Å². The van der Waals surface area contributed by atoms with Crippen molar-refractivity contribution in [2.24, 2.45) is 0 Å². The number of nitrogens with zero attached hydrogens (tertiary/aromatic N) is 4. The molecule has 0 bridgehead atoms. The lowest BCUT2D eigenvalue weighted by Crippen LogP contribution is -2.35. The summed E-state index contributed by atoms with van der Waals surface area (Å²) in [6.07, 6.45) is 9.67. The molecule has 0 aromatic carbocycles. The smallest absolute Gasteiger partial charge is 0.147 e. The molecule has 0 amide bonds. The topological polar surface area (TPSA) is 41.9 Å². The first-order valence-corrected chi connectivity index (χ1v) is 6.76. The molecule has 0 saturated carbocycles. The Morgan fingerprint density at radius 3 is 2.95 bits per heavy atom. The molecule has 3 rings (SSSR count). The Labute approximate surface area is 113 Å². The SMILES string of the molecule is Cc1cc([C@H]2CCCN(c3cnccn3)C2)ccn1. The third kappa shape index (κ3) is 2.72. The maximum absolute atomic E-state index is 4.40. The van der Waals surface area contributed by atoms with E-state index in [2.05, 4.69) is 32.0 Å². The van der Waals surface area contributed by atoms with Crippen LogP contribution in [0.25, 0.3) is 0 Å². The van der Waals surface area contributed by atoms with Gasteiger partial charge in [0.15, 0.2) is 0 Å². The van der Waals surface area contributed by atoms with Crippen LogP contribution >= 0.6 is 0 Å². The molecule has 1 aliphatic heterocycles. The number of hydrogen-bond donors (Lipinski definition) is 0. The predicted molar refractivity (Wildman–Crippen MR) is 75.2 cm³/mol. The average Bonchev–Trinajstić information content (AvgIpc) is 2.48. The number of piperidine rings is 1. The van der Waals surface area contributed by atoms with Gasteiger partial charge in [0.1, 0.15) is 5.82 Å². The van der Waals surface area contributed by atoms with Crippen molar-refractivity contribution >= 4 is 5.82 Å². The molecule has 3 heterocycles. The molecular weight excluding hydrogens is 236 g/mol. The zero-order chi connectivity index (χ0) is 13.1. The first-order chi connectivity index (χ1) is 9.33. The second kappa shape index (κ2) is 5.34. The molecule has 0 aliphatic carbocycles. The molecule has 98 valence electrons. The molecule has 1 fully saturated rings. The van der Waals surface area contributed by atoms with Gasteiger partial charge >= 0.3 is 0 Å². The minimum Gasteiger partial charge on any atom is -0.355 e. The molecule has 0 spiro atoms. The fraction of sp³-hybridized carbons (Fsp3) is 0.400. The summed E-state index contributed by atoms with van der Waals surface area (Å²) in [5.74, 6) is 1.55. The van der Waals surface area contributed by atoms with E-state index in [4.69, 9.17) is 0 Å². The number of pyridine rings is 1. The Morgan fingerprint density at radius 2 is 2.16 bits per heavy atom. The van der Waals surface area contributed by atoms with Gasteiger partial charge in [0.25, 0.3) is 0 Å². The van der Waals surface area contributed by atoms with Crippen LogP contribution < -0.4 is 4.90 Å². The van der Waals surface area contributed by atoms with Crippen LogP contribution in [-0.4, -0.2) is 28.0 Å². The summed E-state index contributed by atoms with van der Waals surface area (Å²) in [5, 5.41) is 0. The maximum Gasteiger partial charge on any atom is 0.147 e. The van der Waals surface area contributed by atoms with E-state index < -0.39 is 0 Å². The van der Waals surface area contributed by atoms with E-state index in [-0.39, 0.29) is 0 Å². The maximum atomic E-state index is 4.40. The molecule has 2 aromatic rings. The van der Waals surface area contributed by atoms with Crippen LogP contribution in [0, 0.1) is 6.92 Å².